The normalized spacial score (nSPS) is 11.6. The number of hydrogen-bond donors (Lipinski definition) is 2. The number of halogens is 1. The molecule has 7 heteroatoms. The molecule has 2 N–H and O–H groups in total. The van der Waals surface area contributed by atoms with E-state index in [1.807, 2.05) is 0 Å². The van der Waals surface area contributed by atoms with Crippen LogP contribution >= 0.6 is 11.6 Å². The minimum absolute atomic E-state index is 0.0610. The molecule has 0 aliphatic carbocycles. The minimum atomic E-state index is -0.930. The van der Waals surface area contributed by atoms with Crippen molar-refractivity contribution in [3.8, 4) is 11.5 Å². The Hall–Kier alpha value is -1.95. The summed E-state index contributed by atoms with van der Waals surface area (Å²) >= 11 is 5.98. The number of aliphatic carboxylic acids is 1. The number of carboxylic acid groups (broad SMARTS) is 1. The van der Waals surface area contributed by atoms with E-state index in [2.05, 4.69) is 5.32 Å². The Bertz CT molecular complexity index is 532. The lowest BCUT2D eigenvalue weighted by Gasteiger charge is -2.14. The predicted octanol–water partition coefficient (Wildman–Crippen LogP) is 2.80. The lowest BCUT2D eigenvalue weighted by Crippen LogP contribution is -2.17. The molecule has 0 saturated carbocycles. The molecule has 1 atom stereocenters. The maximum absolute atomic E-state index is 11.9. The zero-order chi connectivity index (χ0) is 16.0. The van der Waals surface area contributed by atoms with Crippen molar-refractivity contribution < 1.29 is 24.2 Å². The summed E-state index contributed by atoms with van der Waals surface area (Å²) < 4.78 is 10.2. The Labute approximate surface area is 128 Å². The van der Waals surface area contributed by atoms with Crippen molar-refractivity contribution in [2.45, 2.75) is 19.8 Å². The smallest absolute Gasteiger partial charge is 0.303 e. The Balaban J connectivity index is 2.81. The van der Waals surface area contributed by atoms with Crippen LogP contribution in [-0.2, 0) is 9.59 Å². The number of carbonyl (C=O) groups is 2. The van der Waals surface area contributed by atoms with Crippen LogP contribution in [0.25, 0.3) is 0 Å². The summed E-state index contributed by atoms with van der Waals surface area (Å²) in [5, 5.41) is 11.7. The number of benzene rings is 1. The molecule has 1 aromatic carbocycles. The van der Waals surface area contributed by atoms with Crippen LogP contribution in [0, 0.1) is 5.92 Å². The number of rotatable bonds is 7. The highest BCUT2D eigenvalue weighted by atomic mass is 35.5. The Morgan fingerprint density at radius 2 is 1.86 bits per heavy atom. The van der Waals surface area contributed by atoms with Crippen LogP contribution in [-0.4, -0.2) is 31.2 Å². The molecular formula is C14H18ClNO5. The summed E-state index contributed by atoms with van der Waals surface area (Å²) in [5.74, 6) is -0.679. The highest BCUT2D eigenvalue weighted by molar-refractivity contribution is 6.32. The molecule has 0 saturated heterocycles. The van der Waals surface area contributed by atoms with Crippen LogP contribution in [0.3, 0.4) is 0 Å². The third kappa shape index (κ3) is 5.15. The number of methoxy groups -OCH3 is 2. The summed E-state index contributed by atoms with van der Waals surface area (Å²) in [5.41, 5.74) is 0.422. The molecule has 1 rings (SSSR count). The van der Waals surface area contributed by atoms with Crippen LogP contribution in [0.1, 0.15) is 19.8 Å². The maximum Gasteiger partial charge on any atom is 0.303 e. The van der Waals surface area contributed by atoms with Gasteiger partial charge in [-0.25, -0.2) is 0 Å². The fraction of sp³-hybridized carbons (Fsp3) is 0.429. The first kappa shape index (κ1) is 17.1. The second-order valence-electron chi connectivity index (χ2n) is 4.64. The highest BCUT2D eigenvalue weighted by Gasteiger charge is 2.16. The fourth-order valence-corrected chi connectivity index (χ4v) is 2.08. The van der Waals surface area contributed by atoms with Crippen LogP contribution in [0.15, 0.2) is 12.1 Å². The first-order valence-electron chi connectivity index (χ1n) is 6.30. The summed E-state index contributed by atoms with van der Waals surface area (Å²) in [6.45, 7) is 1.70. The molecule has 0 spiro atoms. The third-order valence-electron chi connectivity index (χ3n) is 2.80. The summed E-state index contributed by atoms with van der Waals surface area (Å²) in [4.78, 5) is 22.5. The van der Waals surface area contributed by atoms with Crippen molar-refractivity contribution in [1.82, 2.24) is 0 Å². The molecular weight excluding hydrogens is 298 g/mol. The number of hydrogen-bond acceptors (Lipinski definition) is 4. The topological polar surface area (TPSA) is 84.9 Å². The standard InChI is InChI=1S/C14H18ClNO5/c1-8(5-14(18)19)4-13(17)16-10-7-11(20-2)9(15)6-12(10)21-3/h6-8H,4-5H2,1-3H3,(H,16,17)(H,18,19). The van der Waals surface area contributed by atoms with Crippen molar-refractivity contribution in [1.29, 1.82) is 0 Å². The van der Waals surface area contributed by atoms with Crippen LogP contribution in [0.4, 0.5) is 5.69 Å². The van der Waals surface area contributed by atoms with E-state index < -0.39 is 5.97 Å². The van der Waals surface area contributed by atoms with E-state index in [0.717, 1.165) is 0 Å². The average Bonchev–Trinajstić information content (AvgIpc) is 2.38. The van der Waals surface area contributed by atoms with E-state index in [4.69, 9.17) is 26.2 Å². The van der Waals surface area contributed by atoms with E-state index in [1.165, 1.54) is 20.3 Å². The molecule has 0 bridgehead atoms. The van der Waals surface area contributed by atoms with Gasteiger partial charge < -0.3 is 19.9 Å². The van der Waals surface area contributed by atoms with Gasteiger partial charge in [-0.3, -0.25) is 9.59 Å². The molecule has 0 heterocycles. The first-order valence-corrected chi connectivity index (χ1v) is 6.68. The molecule has 1 aromatic rings. The van der Waals surface area contributed by atoms with Crippen molar-refractivity contribution in [3.63, 3.8) is 0 Å². The molecule has 0 aliphatic heterocycles. The Morgan fingerprint density at radius 1 is 1.24 bits per heavy atom. The Morgan fingerprint density at radius 3 is 2.38 bits per heavy atom. The van der Waals surface area contributed by atoms with Crippen LogP contribution in [0.2, 0.25) is 5.02 Å². The van der Waals surface area contributed by atoms with Crippen molar-refractivity contribution in [2.75, 3.05) is 19.5 Å². The van der Waals surface area contributed by atoms with E-state index in [-0.39, 0.29) is 24.7 Å². The van der Waals surface area contributed by atoms with Gasteiger partial charge in [-0.1, -0.05) is 18.5 Å². The second-order valence-corrected chi connectivity index (χ2v) is 5.05. The van der Waals surface area contributed by atoms with Gasteiger partial charge in [0.2, 0.25) is 5.91 Å². The molecule has 6 nitrogen and oxygen atoms in total. The van der Waals surface area contributed by atoms with Gasteiger partial charge in [-0.05, 0) is 5.92 Å². The number of carbonyl (C=O) groups excluding carboxylic acids is 1. The lowest BCUT2D eigenvalue weighted by molar-refractivity contribution is -0.138. The quantitative estimate of drug-likeness (QED) is 0.808. The average molecular weight is 316 g/mol. The lowest BCUT2D eigenvalue weighted by atomic mass is 10.0. The highest BCUT2D eigenvalue weighted by Crippen LogP contribution is 2.36. The zero-order valence-corrected chi connectivity index (χ0v) is 12.9. The van der Waals surface area contributed by atoms with Crippen molar-refractivity contribution >= 4 is 29.2 Å². The minimum Gasteiger partial charge on any atom is -0.495 e. The number of anilines is 1. The summed E-state index contributed by atoms with van der Waals surface area (Å²) in [7, 11) is 2.93. The van der Waals surface area contributed by atoms with Gasteiger partial charge in [0.1, 0.15) is 11.5 Å². The van der Waals surface area contributed by atoms with Gasteiger partial charge in [0.25, 0.3) is 0 Å². The van der Waals surface area contributed by atoms with Crippen molar-refractivity contribution in [2.24, 2.45) is 5.92 Å². The van der Waals surface area contributed by atoms with Crippen molar-refractivity contribution in [3.05, 3.63) is 17.2 Å². The largest absolute Gasteiger partial charge is 0.495 e. The number of nitrogens with one attached hydrogen (secondary N) is 1. The SMILES string of the molecule is COc1cc(NC(=O)CC(C)CC(=O)O)c(OC)cc1Cl. The molecule has 0 aromatic heterocycles. The molecule has 116 valence electrons. The van der Waals surface area contributed by atoms with Gasteiger partial charge in [-0.2, -0.15) is 0 Å². The molecule has 0 aliphatic rings. The molecule has 0 fully saturated rings. The zero-order valence-electron chi connectivity index (χ0n) is 12.1. The molecule has 1 amide bonds. The van der Waals surface area contributed by atoms with Crippen LogP contribution < -0.4 is 14.8 Å². The molecule has 0 radical (unpaired) electrons. The number of ether oxygens (including phenoxy) is 2. The van der Waals surface area contributed by atoms with E-state index in [0.29, 0.717) is 22.2 Å². The van der Waals surface area contributed by atoms with E-state index in [1.54, 1.807) is 13.0 Å². The predicted molar refractivity (Wildman–Crippen MR) is 79.2 cm³/mol. The van der Waals surface area contributed by atoms with Gasteiger partial charge in [0.05, 0.1) is 24.9 Å². The van der Waals surface area contributed by atoms with Gasteiger partial charge >= 0.3 is 5.97 Å². The Kier molecular flexibility index (Phi) is 6.30. The molecule has 1 unspecified atom stereocenters. The number of carboxylic acids is 1. The fourth-order valence-electron chi connectivity index (χ4n) is 1.85. The van der Waals surface area contributed by atoms with Gasteiger partial charge in [0.15, 0.2) is 0 Å². The third-order valence-corrected chi connectivity index (χ3v) is 3.10. The van der Waals surface area contributed by atoms with E-state index >= 15 is 0 Å². The first-order chi connectivity index (χ1) is 9.87. The molecule has 21 heavy (non-hydrogen) atoms. The monoisotopic (exact) mass is 315 g/mol. The van der Waals surface area contributed by atoms with Gasteiger partial charge in [0, 0.05) is 25.0 Å². The van der Waals surface area contributed by atoms with E-state index in [9.17, 15) is 9.59 Å². The summed E-state index contributed by atoms with van der Waals surface area (Å²) in [6.07, 6.45) is 0.0366. The maximum atomic E-state index is 11.9. The number of amides is 1. The summed E-state index contributed by atoms with van der Waals surface area (Å²) in [6, 6.07) is 3.09. The van der Waals surface area contributed by atoms with Gasteiger partial charge in [-0.15, -0.1) is 0 Å². The van der Waals surface area contributed by atoms with Crippen LogP contribution in [0.5, 0.6) is 11.5 Å². The second kappa shape index (κ2) is 7.73.